The van der Waals surface area contributed by atoms with Crippen LogP contribution in [0.5, 0.6) is 0 Å². The van der Waals surface area contributed by atoms with Gasteiger partial charge < -0.3 is 9.15 Å². The fourth-order valence-corrected chi connectivity index (χ4v) is 5.05. The summed E-state index contributed by atoms with van der Waals surface area (Å²) in [6.45, 7) is 8.27. The molecule has 170 valence electrons. The average molecular weight is 464 g/mol. The summed E-state index contributed by atoms with van der Waals surface area (Å²) >= 11 is 1.48. The highest BCUT2D eigenvalue weighted by Crippen LogP contribution is 2.31. The molecule has 0 spiro atoms. The molecule has 0 atom stereocenters. The van der Waals surface area contributed by atoms with Crippen molar-refractivity contribution in [1.29, 1.82) is 0 Å². The van der Waals surface area contributed by atoms with Crippen molar-refractivity contribution in [2.24, 2.45) is 0 Å². The normalized spacial score (nSPS) is 14.7. The van der Waals surface area contributed by atoms with Crippen LogP contribution in [0.1, 0.15) is 21.7 Å². The fourth-order valence-electron chi connectivity index (χ4n) is 3.98. The van der Waals surface area contributed by atoms with Gasteiger partial charge in [-0.05, 0) is 49.2 Å². The molecule has 0 unspecified atom stereocenters. The van der Waals surface area contributed by atoms with Gasteiger partial charge in [-0.15, -0.1) is 0 Å². The summed E-state index contributed by atoms with van der Waals surface area (Å²) in [5.41, 5.74) is 3.37. The number of fused-ring (bicyclic) bond motifs is 2. The molecule has 0 bridgehead atoms. The maximum Gasteiger partial charge on any atom is 0.295 e. The SMILES string of the molecule is Cc1cc2nc(N(CCN3CCOCC3)C(=O)c3cc(=O)c4ccccc4o3)sc2cc1C. The third-order valence-electron chi connectivity index (χ3n) is 6.06. The zero-order valence-corrected chi connectivity index (χ0v) is 19.5. The molecule has 1 fully saturated rings. The van der Waals surface area contributed by atoms with Gasteiger partial charge in [0.15, 0.2) is 16.3 Å². The van der Waals surface area contributed by atoms with Crippen molar-refractivity contribution in [2.45, 2.75) is 13.8 Å². The quantitative estimate of drug-likeness (QED) is 0.445. The molecule has 2 aromatic heterocycles. The molecule has 4 aromatic rings. The second kappa shape index (κ2) is 9.05. The Bertz CT molecular complexity index is 1350. The number of aryl methyl sites for hydroxylation is 2. The standard InChI is InChI=1S/C25H25N3O4S/c1-16-13-19-23(14-17(16)2)33-25(26-19)28(8-7-27-9-11-31-12-10-27)24(30)22-15-20(29)18-5-3-4-6-21(18)32-22/h3-6,13-15H,7-12H2,1-2H3. The summed E-state index contributed by atoms with van der Waals surface area (Å²) in [5.74, 6) is -0.342. The van der Waals surface area contributed by atoms with Crippen LogP contribution in [0, 0.1) is 13.8 Å². The van der Waals surface area contributed by atoms with Gasteiger partial charge in [-0.2, -0.15) is 0 Å². The van der Waals surface area contributed by atoms with Gasteiger partial charge in [0.25, 0.3) is 5.91 Å². The first kappa shape index (κ1) is 21.8. The fraction of sp³-hybridized carbons (Fsp3) is 0.320. The molecule has 1 amide bonds. The number of carbonyl (C=O) groups is 1. The Hall–Kier alpha value is -3.07. The molecule has 3 heterocycles. The van der Waals surface area contributed by atoms with E-state index < -0.39 is 0 Å². The Balaban J connectivity index is 1.53. The van der Waals surface area contributed by atoms with Crippen molar-refractivity contribution in [3.05, 3.63) is 69.6 Å². The summed E-state index contributed by atoms with van der Waals surface area (Å²) in [5, 5.41) is 1.06. The molecule has 2 aromatic carbocycles. The molecule has 8 heteroatoms. The lowest BCUT2D eigenvalue weighted by Gasteiger charge is -2.29. The molecule has 0 aliphatic carbocycles. The summed E-state index contributed by atoms with van der Waals surface area (Å²) in [6.07, 6.45) is 0. The highest BCUT2D eigenvalue weighted by molar-refractivity contribution is 7.22. The topological polar surface area (TPSA) is 75.9 Å². The minimum Gasteiger partial charge on any atom is -0.451 e. The number of thiazole rings is 1. The van der Waals surface area contributed by atoms with E-state index in [0.29, 0.717) is 42.4 Å². The summed E-state index contributed by atoms with van der Waals surface area (Å²) in [7, 11) is 0. The Morgan fingerprint density at radius 1 is 1.12 bits per heavy atom. The van der Waals surface area contributed by atoms with Crippen LogP contribution in [0.3, 0.4) is 0 Å². The summed E-state index contributed by atoms with van der Waals surface area (Å²) in [6, 6.07) is 12.4. The number of morpholine rings is 1. The second-order valence-electron chi connectivity index (χ2n) is 8.28. The van der Waals surface area contributed by atoms with Crippen molar-refractivity contribution < 1.29 is 13.9 Å². The van der Waals surface area contributed by atoms with E-state index in [9.17, 15) is 9.59 Å². The predicted molar refractivity (Wildman–Crippen MR) is 131 cm³/mol. The van der Waals surface area contributed by atoms with Gasteiger partial charge in [0.1, 0.15) is 5.58 Å². The first-order valence-electron chi connectivity index (χ1n) is 11.0. The Labute approximate surface area is 195 Å². The monoisotopic (exact) mass is 463 g/mol. The first-order chi connectivity index (χ1) is 16.0. The maximum absolute atomic E-state index is 13.6. The number of hydrogen-bond donors (Lipinski definition) is 0. The number of hydrogen-bond acceptors (Lipinski definition) is 7. The van der Waals surface area contributed by atoms with Gasteiger partial charge in [0.05, 0.1) is 28.8 Å². The molecule has 1 aliphatic heterocycles. The minimum atomic E-state index is -0.362. The number of para-hydroxylation sites is 1. The molecule has 0 radical (unpaired) electrons. The third kappa shape index (κ3) is 4.42. The largest absolute Gasteiger partial charge is 0.451 e. The Morgan fingerprint density at radius 2 is 1.88 bits per heavy atom. The van der Waals surface area contributed by atoms with Crippen LogP contribution in [-0.2, 0) is 4.74 Å². The van der Waals surface area contributed by atoms with Gasteiger partial charge in [-0.1, -0.05) is 23.5 Å². The van der Waals surface area contributed by atoms with Crippen LogP contribution in [0.15, 0.2) is 51.7 Å². The van der Waals surface area contributed by atoms with E-state index in [1.54, 1.807) is 29.2 Å². The Kier molecular flexibility index (Phi) is 5.97. The molecule has 1 aliphatic rings. The van der Waals surface area contributed by atoms with Crippen LogP contribution in [0.25, 0.3) is 21.2 Å². The number of nitrogens with zero attached hydrogens (tertiary/aromatic N) is 3. The van der Waals surface area contributed by atoms with Crippen molar-refractivity contribution in [2.75, 3.05) is 44.3 Å². The van der Waals surface area contributed by atoms with Crippen molar-refractivity contribution in [1.82, 2.24) is 9.88 Å². The lowest BCUT2D eigenvalue weighted by Crippen LogP contribution is -2.43. The van der Waals surface area contributed by atoms with Crippen LogP contribution < -0.4 is 10.3 Å². The summed E-state index contributed by atoms with van der Waals surface area (Å²) in [4.78, 5) is 34.9. The van der Waals surface area contributed by atoms with E-state index in [2.05, 4.69) is 24.8 Å². The number of carbonyl (C=O) groups excluding carboxylic acids is 1. The van der Waals surface area contributed by atoms with Crippen molar-refractivity contribution >= 4 is 43.6 Å². The van der Waals surface area contributed by atoms with Gasteiger partial charge in [-0.3, -0.25) is 19.4 Å². The second-order valence-corrected chi connectivity index (χ2v) is 9.29. The number of rotatable bonds is 5. The summed E-state index contributed by atoms with van der Waals surface area (Å²) < 4.78 is 12.3. The number of anilines is 1. The molecule has 33 heavy (non-hydrogen) atoms. The van der Waals surface area contributed by atoms with Crippen molar-refractivity contribution in [3.63, 3.8) is 0 Å². The third-order valence-corrected chi connectivity index (χ3v) is 7.10. The molecular formula is C25H25N3O4S. The van der Waals surface area contributed by atoms with Crippen LogP contribution >= 0.6 is 11.3 Å². The maximum atomic E-state index is 13.6. The number of benzene rings is 2. The van der Waals surface area contributed by atoms with Gasteiger partial charge >= 0.3 is 0 Å². The van der Waals surface area contributed by atoms with Crippen molar-refractivity contribution in [3.8, 4) is 0 Å². The number of amides is 1. The van der Waals surface area contributed by atoms with Gasteiger partial charge in [0.2, 0.25) is 0 Å². The lowest BCUT2D eigenvalue weighted by molar-refractivity contribution is 0.0390. The number of ether oxygens (including phenoxy) is 1. The van der Waals surface area contributed by atoms with E-state index in [0.717, 1.165) is 28.9 Å². The zero-order chi connectivity index (χ0) is 22.9. The Morgan fingerprint density at radius 3 is 2.70 bits per heavy atom. The van der Waals surface area contributed by atoms with Crippen LogP contribution in [0.2, 0.25) is 0 Å². The highest BCUT2D eigenvalue weighted by atomic mass is 32.1. The smallest absolute Gasteiger partial charge is 0.295 e. The van der Waals surface area contributed by atoms with E-state index in [-0.39, 0.29) is 17.1 Å². The van der Waals surface area contributed by atoms with E-state index >= 15 is 0 Å². The van der Waals surface area contributed by atoms with Crippen LogP contribution in [0.4, 0.5) is 5.13 Å². The molecule has 1 saturated heterocycles. The van der Waals surface area contributed by atoms with E-state index in [1.165, 1.54) is 23.0 Å². The molecule has 0 saturated carbocycles. The van der Waals surface area contributed by atoms with Crippen LogP contribution in [-0.4, -0.2) is 55.2 Å². The minimum absolute atomic E-state index is 0.0206. The van der Waals surface area contributed by atoms with E-state index in [4.69, 9.17) is 14.1 Å². The predicted octanol–water partition coefficient (Wildman–Crippen LogP) is 4.00. The molecule has 5 rings (SSSR count). The van der Waals surface area contributed by atoms with Gasteiger partial charge in [-0.25, -0.2) is 4.98 Å². The highest BCUT2D eigenvalue weighted by Gasteiger charge is 2.25. The zero-order valence-electron chi connectivity index (χ0n) is 18.7. The molecule has 0 N–H and O–H groups in total. The first-order valence-corrected chi connectivity index (χ1v) is 11.8. The molecule has 7 nitrogen and oxygen atoms in total. The number of aromatic nitrogens is 1. The molecular weight excluding hydrogens is 438 g/mol. The van der Waals surface area contributed by atoms with E-state index in [1.807, 2.05) is 6.07 Å². The van der Waals surface area contributed by atoms with Gasteiger partial charge in [0, 0.05) is 32.2 Å². The lowest BCUT2D eigenvalue weighted by atomic mass is 10.1. The average Bonchev–Trinajstić information content (AvgIpc) is 3.22.